The van der Waals surface area contributed by atoms with Crippen LogP contribution in [0.4, 0.5) is 22.0 Å². The van der Waals surface area contributed by atoms with Gasteiger partial charge in [0.05, 0.1) is 18.4 Å². The van der Waals surface area contributed by atoms with Crippen LogP contribution in [-0.2, 0) is 6.54 Å². The number of anilines is 3. The molecule has 3 heterocycles. The van der Waals surface area contributed by atoms with Gasteiger partial charge in [-0.3, -0.25) is 10.3 Å². The van der Waals surface area contributed by atoms with Crippen LogP contribution in [0.1, 0.15) is 25.5 Å². The number of urea groups is 1. The maximum atomic E-state index is 12.0. The number of aromatic nitrogens is 4. The van der Waals surface area contributed by atoms with E-state index >= 15 is 0 Å². The van der Waals surface area contributed by atoms with E-state index < -0.39 is 6.03 Å². The molecule has 4 N–H and O–H groups in total. The highest BCUT2D eigenvalue weighted by Gasteiger charge is 2.10. The van der Waals surface area contributed by atoms with Crippen LogP contribution in [0.3, 0.4) is 0 Å². The molecule has 2 amide bonds. The lowest BCUT2D eigenvalue weighted by Gasteiger charge is -2.11. The van der Waals surface area contributed by atoms with Crippen molar-refractivity contribution in [2.75, 3.05) is 10.6 Å². The molecule has 0 aliphatic heterocycles. The van der Waals surface area contributed by atoms with Gasteiger partial charge in [0.15, 0.2) is 0 Å². The molecule has 0 atom stereocenters. The lowest BCUT2D eigenvalue weighted by Crippen LogP contribution is -2.29. The summed E-state index contributed by atoms with van der Waals surface area (Å²) in [5.41, 5.74) is 4.09. The van der Waals surface area contributed by atoms with Crippen molar-refractivity contribution in [1.82, 2.24) is 25.6 Å². The molecule has 3 aromatic heterocycles. The molecule has 0 spiro atoms. The van der Waals surface area contributed by atoms with Gasteiger partial charge in [0.1, 0.15) is 17.2 Å². The first kappa shape index (κ1) is 18.0. The number of amides is 2. The summed E-state index contributed by atoms with van der Waals surface area (Å²) in [6.45, 7) is 3.81. The van der Waals surface area contributed by atoms with Crippen LogP contribution in [0.5, 0.6) is 0 Å². The molecular formula is C17H22N8O2. The van der Waals surface area contributed by atoms with E-state index in [-0.39, 0.29) is 9.40 Å². The number of hydrogen-bond acceptors (Lipinski definition) is 8. The van der Waals surface area contributed by atoms with Gasteiger partial charge in [0.25, 0.3) is 0 Å². The summed E-state index contributed by atoms with van der Waals surface area (Å²) < 4.78 is 4.58. The number of nitrogens with one attached hydrogen (secondary N) is 4. The summed E-state index contributed by atoms with van der Waals surface area (Å²) in [5.74, 6) is 0.317. The molecule has 27 heavy (non-hydrogen) atoms. The van der Waals surface area contributed by atoms with Gasteiger partial charge < -0.3 is 16.0 Å². The molecule has 142 valence electrons. The van der Waals surface area contributed by atoms with Crippen molar-refractivity contribution in [3.63, 3.8) is 0 Å². The normalized spacial score (nSPS) is 10.3. The molecular weight excluding hydrogens is 348 g/mol. The topological polar surface area (TPSA) is 142 Å². The summed E-state index contributed by atoms with van der Waals surface area (Å²) in [7, 11) is 0. The summed E-state index contributed by atoms with van der Waals surface area (Å²) in [4.78, 5) is 20.4. The molecule has 10 nitrogen and oxygen atoms in total. The van der Waals surface area contributed by atoms with Gasteiger partial charge in [-0.25, -0.2) is 14.4 Å². The zero-order valence-electron chi connectivity index (χ0n) is 14.8. The Labute approximate surface area is 157 Å². The summed E-state index contributed by atoms with van der Waals surface area (Å²) in [6.07, 6.45) is 4.44. The highest BCUT2D eigenvalue weighted by Crippen LogP contribution is 2.21. The minimum atomic E-state index is -0.453. The molecule has 0 aliphatic carbocycles. The van der Waals surface area contributed by atoms with Crippen LogP contribution in [0.15, 0.2) is 35.2 Å². The van der Waals surface area contributed by atoms with Gasteiger partial charge in [0.2, 0.25) is 0 Å². The first-order chi connectivity index (χ1) is 13.0. The standard InChI is InChI=1S/C17H18N8O2.2H2/c1-10-5-13(3-4-19-10)22-15-9-20-16(6-12(15)7-18)23-17(26)21-8-14-11(2)24-27-25-14;;/h3-7,9,18H,8H2,1-2H3,(H,19,22)(H2,20,21,23,26);2*1H. The number of hydrogen-bond donors (Lipinski definition) is 4. The molecule has 0 aromatic carbocycles. The first-order valence-electron chi connectivity index (χ1n) is 8.08. The van der Waals surface area contributed by atoms with E-state index in [9.17, 15) is 4.79 Å². The minimum Gasteiger partial charge on any atom is -0.354 e. The Morgan fingerprint density at radius 1 is 1.30 bits per heavy atom. The van der Waals surface area contributed by atoms with Crippen molar-refractivity contribution in [1.29, 1.82) is 5.41 Å². The smallest absolute Gasteiger partial charge is 0.320 e. The molecule has 0 bridgehead atoms. The summed E-state index contributed by atoms with van der Waals surface area (Å²) in [5, 5.41) is 23.4. The monoisotopic (exact) mass is 370 g/mol. The minimum absolute atomic E-state index is 0. The SMILES string of the molecule is Cc1cc(Nc2cnc(NC(=O)NCc3nonc3C)cc2C=N)ccn1.[HH].[HH]. The average molecular weight is 370 g/mol. The molecule has 0 unspecified atom stereocenters. The predicted molar refractivity (Wildman–Crippen MR) is 104 cm³/mol. The average Bonchev–Trinajstić information content (AvgIpc) is 3.06. The zero-order chi connectivity index (χ0) is 19.2. The van der Waals surface area contributed by atoms with E-state index in [1.54, 1.807) is 25.4 Å². The second kappa shape index (κ2) is 8.04. The van der Waals surface area contributed by atoms with Crippen molar-refractivity contribution >= 4 is 29.4 Å². The number of rotatable bonds is 6. The Hall–Kier alpha value is -3.82. The van der Waals surface area contributed by atoms with Crippen LogP contribution in [0, 0.1) is 19.3 Å². The highest BCUT2D eigenvalue weighted by atomic mass is 16.6. The van der Waals surface area contributed by atoms with Crippen molar-refractivity contribution in [2.45, 2.75) is 20.4 Å². The molecule has 0 saturated carbocycles. The summed E-state index contributed by atoms with van der Waals surface area (Å²) in [6, 6.07) is 4.85. The Morgan fingerprint density at radius 3 is 2.85 bits per heavy atom. The van der Waals surface area contributed by atoms with Crippen molar-refractivity contribution in [3.05, 3.63) is 53.2 Å². The Morgan fingerprint density at radius 2 is 2.15 bits per heavy atom. The molecule has 0 aliphatic rings. The van der Waals surface area contributed by atoms with E-state index in [0.717, 1.165) is 11.4 Å². The molecule has 0 radical (unpaired) electrons. The Balaban J connectivity index is 0.00000210. The van der Waals surface area contributed by atoms with Crippen molar-refractivity contribution < 1.29 is 12.3 Å². The third-order valence-electron chi connectivity index (χ3n) is 3.67. The second-order valence-electron chi connectivity index (χ2n) is 5.72. The summed E-state index contributed by atoms with van der Waals surface area (Å²) >= 11 is 0. The van der Waals surface area contributed by atoms with Gasteiger partial charge in [-0.15, -0.1) is 0 Å². The number of carbonyl (C=O) groups is 1. The Bertz CT molecular complexity index is 980. The lowest BCUT2D eigenvalue weighted by molar-refractivity contribution is 0.251. The third kappa shape index (κ3) is 4.63. The molecule has 3 rings (SSSR count). The molecule has 0 fully saturated rings. The van der Waals surface area contributed by atoms with Crippen LogP contribution < -0.4 is 16.0 Å². The fourth-order valence-corrected chi connectivity index (χ4v) is 2.28. The molecule has 3 aromatic rings. The van der Waals surface area contributed by atoms with Crippen LogP contribution in [-0.4, -0.2) is 32.5 Å². The van der Waals surface area contributed by atoms with Crippen molar-refractivity contribution in [3.8, 4) is 0 Å². The largest absolute Gasteiger partial charge is 0.354 e. The fourth-order valence-electron chi connectivity index (χ4n) is 2.28. The number of carbonyl (C=O) groups excluding carboxylic acids is 1. The van der Waals surface area contributed by atoms with E-state index in [2.05, 4.69) is 40.9 Å². The predicted octanol–water partition coefficient (Wildman–Crippen LogP) is 3.03. The fraction of sp³-hybridized carbons (Fsp3) is 0.176. The van der Waals surface area contributed by atoms with E-state index in [1.165, 1.54) is 6.21 Å². The van der Waals surface area contributed by atoms with E-state index in [0.29, 0.717) is 28.5 Å². The Kier molecular flexibility index (Phi) is 5.36. The van der Waals surface area contributed by atoms with Gasteiger partial charge >= 0.3 is 6.03 Å². The maximum Gasteiger partial charge on any atom is 0.320 e. The van der Waals surface area contributed by atoms with Crippen LogP contribution in [0.2, 0.25) is 0 Å². The van der Waals surface area contributed by atoms with Crippen LogP contribution >= 0.6 is 0 Å². The van der Waals surface area contributed by atoms with Gasteiger partial charge in [-0.1, -0.05) is 10.3 Å². The van der Waals surface area contributed by atoms with E-state index in [1.807, 2.05) is 19.1 Å². The second-order valence-corrected chi connectivity index (χ2v) is 5.72. The number of nitrogens with zero attached hydrogens (tertiary/aromatic N) is 4. The van der Waals surface area contributed by atoms with E-state index in [4.69, 9.17) is 5.41 Å². The maximum absolute atomic E-state index is 12.0. The van der Waals surface area contributed by atoms with Crippen LogP contribution in [0.25, 0.3) is 0 Å². The highest BCUT2D eigenvalue weighted by molar-refractivity contribution is 5.92. The molecule has 10 heteroatoms. The van der Waals surface area contributed by atoms with Gasteiger partial charge in [0, 0.05) is 32.2 Å². The quantitative estimate of drug-likeness (QED) is 0.488. The van der Waals surface area contributed by atoms with Gasteiger partial charge in [-0.05, 0) is 32.0 Å². The van der Waals surface area contributed by atoms with Gasteiger partial charge in [-0.2, -0.15) is 0 Å². The first-order valence-corrected chi connectivity index (χ1v) is 8.08. The zero-order valence-corrected chi connectivity index (χ0v) is 14.8. The number of aryl methyl sites for hydroxylation is 2. The third-order valence-corrected chi connectivity index (χ3v) is 3.67. The lowest BCUT2D eigenvalue weighted by atomic mass is 10.2. The molecule has 0 saturated heterocycles. The number of pyridine rings is 2. The van der Waals surface area contributed by atoms with Crippen molar-refractivity contribution in [2.24, 2.45) is 0 Å².